The zero-order chi connectivity index (χ0) is 13.0. The van der Waals surface area contributed by atoms with Crippen LogP contribution in [-0.4, -0.2) is 10.9 Å². The molecule has 0 aliphatic carbocycles. The fourth-order valence-corrected chi connectivity index (χ4v) is 1.56. The summed E-state index contributed by atoms with van der Waals surface area (Å²) in [4.78, 5) is 20.6. The molecule has 0 saturated carbocycles. The van der Waals surface area contributed by atoms with Gasteiger partial charge in [-0.15, -0.1) is 0 Å². The predicted octanol–water partition coefficient (Wildman–Crippen LogP) is 3.11. The third-order valence-electron chi connectivity index (χ3n) is 2.08. The van der Waals surface area contributed by atoms with E-state index in [1.807, 2.05) is 0 Å². The smallest absolute Gasteiger partial charge is 0.285 e. The number of halogens is 2. The van der Waals surface area contributed by atoms with Gasteiger partial charge in [0.2, 0.25) is 0 Å². The van der Waals surface area contributed by atoms with Crippen LogP contribution in [0.3, 0.4) is 0 Å². The van der Waals surface area contributed by atoms with Crippen LogP contribution in [0.4, 0.5) is 0 Å². The molecular formula is C12H8Cl2N2O2. The third-order valence-corrected chi connectivity index (χ3v) is 2.63. The van der Waals surface area contributed by atoms with Gasteiger partial charge in [0.15, 0.2) is 5.75 Å². The Morgan fingerprint density at radius 2 is 1.94 bits per heavy atom. The van der Waals surface area contributed by atoms with Crippen molar-refractivity contribution in [2.45, 2.75) is 0 Å². The zero-order valence-electron chi connectivity index (χ0n) is 9.06. The number of carbonyl (C=O) groups excluding carboxylic acids is 1. The maximum absolute atomic E-state index is 11.7. The molecule has 92 valence electrons. The molecule has 0 aliphatic rings. The van der Waals surface area contributed by atoms with Gasteiger partial charge >= 0.3 is 0 Å². The van der Waals surface area contributed by atoms with Crippen molar-refractivity contribution in [2.75, 3.05) is 0 Å². The largest absolute Gasteiger partial charge is 0.378 e. The van der Waals surface area contributed by atoms with Crippen molar-refractivity contribution in [3.05, 3.63) is 58.3 Å². The van der Waals surface area contributed by atoms with E-state index in [-0.39, 0.29) is 0 Å². The van der Waals surface area contributed by atoms with Gasteiger partial charge in [0, 0.05) is 0 Å². The van der Waals surface area contributed by atoms with E-state index in [4.69, 9.17) is 28.0 Å². The van der Waals surface area contributed by atoms with Crippen molar-refractivity contribution in [1.29, 1.82) is 0 Å². The molecule has 18 heavy (non-hydrogen) atoms. The molecule has 2 rings (SSSR count). The highest BCUT2D eigenvalue weighted by Crippen LogP contribution is 2.15. The molecule has 2 aromatic rings. The molecule has 1 aromatic carbocycles. The number of amides is 1. The molecule has 1 amide bonds. The van der Waals surface area contributed by atoms with E-state index in [0.717, 1.165) is 0 Å². The highest BCUT2D eigenvalue weighted by molar-refractivity contribution is 6.33. The monoisotopic (exact) mass is 282 g/mol. The van der Waals surface area contributed by atoms with Gasteiger partial charge in [0.1, 0.15) is 5.15 Å². The van der Waals surface area contributed by atoms with Gasteiger partial charge in [-0.3, -0.25) is 4.79 Å². The van der Waals surface area contributed by atoms with Crippen molar-refractivity contribution in [3.8, 4) is 5.75 Å². The number of carbonyl (C=O) groups is 1. The van der Waals surface area contributed by atoms with Crippen molar-refractivity contribution in [2.24, 2.45) is 0 Å². The van der Waals surface area contributed by atoms with E-state index in [1.54, 1.807) is 36.4 Å². The molecule has 0 unspecified atom stereocenters. The molecular weight excluding hydrogens is 275 g/mol. The molecule has 0 bridgehead atoms. The highest BCUT2D eigenvalue weighted by Gasteiger charge is 2.09. The molecule has 1 heterocycles. The van der Waals surface area contributed by atoms with Gasteiger partial charge in [-0.05, 0) is 24.3 Å². The number of benzene rings is 1. The number of hydroxylamine groups is 1. The van der Waals surface area contributed by atoms with Crippen molar-refractivity contribution < 1.29 is 9.63 Å². The van der Waals surface area contributed by atoms with Gasteiger partial charge in [-0.2, -0.15) is 5.48 Å². The molecule has 4 nitrogen and oxygen atoms in total. The van der Waals surface area contributed by atoms with Crippen LogP contribution in [0, 0.1) is 0 Å². The Morgan fingerprint density at radius 3 is 2.61 bits per heavy atom. The Morgan fingerprint density at radius 1 is 1.17 bits per heavy atom. The van der Waals surface area contributed by atoms with E-state index in [1.165, 1.54) is 6.20 Å². The Labute approximate surface area is 113 Å². The van der Waals surface area contributed by atoms with Crippen LogP contribution in [0.2, 0.25) is 10.2 Å². The zero-order valence-corrected chi connectivity index (χ0v) is 10.6. The normalized spacial score (nSPS) is 9.89. The molecule has 0 atom stereocenters. The molecule has 1 aromatic heterocycles. The Kier molecular flexibility index (Phi) is 4.02. The second-order valence-corrected chi connectivity index (χ2v) is 4.12. The standard InChI is InChI=1S/C12H8Cl2N2O2/c13-10-4-2-1-3-9(10)12(17)16-18-8-5-6-11(14)15-7-8/h1-7H,(H,16,17). The first-order chi connectivity index (χ1) is 8.66. The fourth-order valence-electron chi connectivity index (χ4n) is 1.23. The molecule has 0 saturated heterocycles. The van der Waals surface area contributed by atoms with Crippen LogP contribution in [0.1, 0.15) is 10.4 Å². The predicted molar refractivity (Wildman–Crippen MR) is 68.8 cm³/mol. The van der Waals surface area contributed by atoms with E-state index in [0.29, 0.717) is 21.5 Å². The maximum Gasteiger partial charge on any atom is 0.285 e. The first-order valence-electron chi connectivity index (χ1n) is 5.00. The van der Waals surface area contributed by atoms with Crippen molar-refractivity contribution in [1.82, 2.24) is 10.5 Å². The number of hydrogen-bond donors (Lipinski definition) is 1. The first kappa shape index (κ1) is 12.7. The van der Waals surface area contributed by atoms with Gasteiger partial charge in [-0.1, -0.05) is 35.3 Å². The Bertz CT molecular complexity index is 558. The summed E-state index contributed by atoms with van der Waals surface area (Å²) < 4.78 is 0. The summed E-state index contributed by atoms with van der Waals surface area (Å²) in [7, 11) is 0. The average molecular weight is 283 g/mol. The lowest BCUT2D eigenvalue weighted by Gasteiger charge is -2.07. The van der Waals surface area contributed by atoms with Crippen LogP contribution in [0.25, 0.3) is 0 Å². The van der Waals surface area contributed by atoms with Crippen LogP contribution in [0.15, 0.2) is 42.6 Å². The summed E-state index contributed by atoms with van der Waals surface area (Å²) in [5.41, 5.74) is 2.60. The SMILES string of the molecule is O=C(NOc1ccc(Cl)nc1)c1ccccc1Cl. The molecule has 0 fully saturated rings. The van der Waals surface area contributed by atoms with Gasteiger partial charge in [-0.25, -0.2) is 4.98 Å². The number of rotatable bonds is 3. The van der Waals surface area contributed by atoms with Crippen LogP contribution in [-0.2, 0) is 0 Å². The lowest BCUT2D eigenvalue weighted by atomic mass is 10.2. The van der Waals surface area contributed by atoms with E-state index < -0.39 is 5.91 Å². The van der Waals surface area contributed by atoms with E-state index >= 15 is 0 Å². The van der Waals surface area contributed by atoms with Crippen LogP contribution < -0.4 is 10.3 Å². The molecule has 1 N–H and O–H groups in total. The third kappa shape index (κ3) is 3.12. The maximum atomic E-state index is 11.7. The number of pyridine rings is 1. The first-order valence-corrected chi connectivity index (χ1v) is 5.75. The van der Waals surface area contributed by atoms with Gasteiger partial charge in [0.25, 0.3) is 5.91 Å². The van der Waals surface area contributed by atoms with Gasteiger partial charge in [0.05, 0.1) is 16.8 Å². The number of aromatic nitrogens is 1. The number of nitrogens with one attached hydrogen (secondary N) is 1. The molecule has 0 aliphatic heterocycles. The topological polar surface area (TPSA) is 51.2 Å². The van der Waals surface area contributed by atoms with E-state index in [9.17, 15) is 4.79 Å². The van der Waals surface area contributed by atoms with Crippen LogP contribution >= 0.6 is 23.2 Å². The minimum Gasteiger partial charge on any atom is -0.378 e. The molecule has 0 spiro atoms. The lowest BCUT2D eigenvalue weighted by Crippen LogP contribution is -2.27. The summed E-state index contributed by atoms with van der Waals surface area (Å²) >= 11 is 11.5. The second-order valence-electron chi connectivity index (χ2n) is 3.33. The number of hydrogen-bond acceptors (Lipinski definition) is 3. The number of nitrogens with zero attached hydrogens (tertiary/aromatic N) is 1. The Hall–Kier alpha value is -1.78. The minimum absolute atomic E-state index is 0.334. The average Bonchev–Trinajstić information content (AvgIpc) is 2.38. The molecule has 0 radical (unpaired) electrons. The van der Waals surface area contributed by atoms with Gasteiger partial charge < -0.3 is 4.84 Å². The summed E-state index contributed by atoms with van der Waals surface area (Å²) in [6.45, 7) is 0. The van der Waals surface area contributed by atoms with Crippen molar-refractivity contribution in [3.63, 3.8) is 0 Å². The lowest BCUT2D eigenvalue weighted by molar-refractivity contribution is 0.0759. The second kappa shape index (κ2) is 5.71. The van der Waals surface area contributed by atoms with E-state index in [2.05, 4.69) is 10.5 Å². The summed E-state index contributed by atoms with van der Waals surface area (Å²) in [5.74, 6) is -0.0599. The van der Waals surface area contributed by atoms with Crippen molar-refractivity contribution >= 4 is 29.1 Å². The van der Waals surface area contributed by atoms with Crippen LogP contribution in [0.5, 0.6) is 5.75 Å². The highest BCUT2D eigenvalue weighted by atomic mass is 35.5. The minimum atomic E-state index is -0.435. The fraction of sp³-hybridized carbons (Fsp3) is 0. The summed E-state index contributed by atoms with van der Waals surface area (Å²) in [6.07, 6.45) is 1.40. The summed E-state index contributed by atoms with van der Waals surface area (Å²) in [6, 6.07) is 9.82. The Balaban J connectivity index is 2.01. The summed E-state index contributed by atoms with van der Waals surface area (Å²) in [5, 5.41) is 0.701. The quantitative estimate of drug-likeness (QED) is 0.695. The molecule has 6 heteroatoms.